The van der Waals surface area contributed by atoms with Gasteiger partial charge in [-0.3, -0.25) is 9.59 Å². The van der Waals surface area contributed by atoms with Crippen LogP contribution in [0.5, 0.6) is 0 Å². The maximum Gasteiger partial charge on any atom is 0.255 e. The summed E-state index contributed by atoms with van der Waals surface area (Å²) in [4.78, 5) is 29.9. The molecule has 0 aliphatic carbocycles. The largest absolute Gasteiger partial charge is 0.397 e. The minimum absolute atomic E-state index is 0.220. The first-order valence-corrected chi connectivity index (χ1v) is 14.5. The molecule has 1 heterocycles. The molecule has 0 aliphatic heterocycles. The monoisotopic (exact) mass is 573 g/mol. The lowest BCUT2D eigenvalue weighted by Gasteiger charge is -2.10. The van der Waals surface area contributed by atoms with Crippen LogP contribution in [0.25, 0.3) is 6.08 Å². The molecular weight excluding hydrogens is 542 g/mol. The van der Waals surface area contributed by atoms with Crippen LogP contribution in [-0.2, 0) is 23.6 Å². The summed E-state index contributed by atoms with van der Waals surface area (Å²) in [5.74, 6) is 0.332. The predicted octanol–water partition coefficient (Wildman–Crippen LogP) is 6.39. The van der Waals surface area contributed by atoms with E-state index in [4.69, 9.17) is 5.73 Å². The fraction of sp³-hybridized carbons (Fsp3) is 0.0882. The second kappa shape index (κ2) is 14.0. The fourth-order valence-electron chi connectivity index (χ4n) is 4.25. The molecule has 0 fully saturated rings. The van der Waals surface area contributed by atoms with Crippen molar-refractivity contribution in [2.24, 2.45) is 0 Å². The number of nitrogens with two attached hydrogens (primary N) is 1. The van der Waals surface area contributed by atoms with Gasteiger partial charge in [0.05, 0.1) is 29.8 Å². The number of benzene rings is 4. The van der Waals surface area contributed by atoms with Crippen LogP contribution in [0, 0.1) is 0 Å². The van der Waals surface area contributed by atoms with Crippen LogP contribution in [0.15, 0.2) is 127 Å². The van der Waals surface area contributed by atoms with Crippen LogP contribution in [0.3, 0.4) is 0 Å². The van der Waals surface area contributed by atoms with Gasteiger partial charge in [0.1, 0.15) is 0 Å². The van der Waals surface area contributed by atoms with Gasteiger partial charge in [0.15, 0.2) is 5.16 Å². The second-order valence-electron chi connectivity index (χ2n) is 9.60. The van der Waals surface area contributed by atoms with Gasteiger partial charge in [-0.1, -0.05) is 96.7 Å². The molecule has 0 saturated heterocycles. The number of hydrogen-bond donors (Lipinski definition) is 3. The number of para-hydroxylation sites is 2. The Morgan fingerprint density at radius 2 is 1.48 bits per heavy atom. The zero-order valence-corrected chi connectivity index (χ0v) is 23.8. The molecule has 1 aromatic heterocycles. The summed E-state index contributed by atoms with van der Waals surface area (Å²) in [6, 6.07) is 34.7. The second-order valence-corrected chi connectivity index (χ2v) is 10.5. The van der Waals surface area contributed by atoms with Crippen molar-refractivity contribution < 1.29 is 9.59 Å². The molecule has 5 aromatic rings. The van der Waals surface area contributed by atoms with Gasteiger partial charge < -0.3 is 20.9 Å². The standard InChI is InChI=1S/C34H31N5O2S/c35-30-13-7-8-14-31(30)38-33(41)28-17-15-25(16-18-28)21-36-32(40)20-19-29-22-37-34(42-24-27-11-5-2-6-12-27)39(29)23-26-9-3-1-4-10-26/h1-20,22H,21,23-24,35H2,(H,36,40)(H,38,41)/b20-19+. The molecule has 0 unspecified atom stereocenters. The number of anilines is 2. The van der Waals surface area contributed by atoms with Crippen LogP contribution in [0.1, 0.15) is 32.7 Å². The molecule has 4 N–H and O–H groups in total. The summed E-state index contributed by atoms with van der Waals surface area (Å²) in [7, 11) is 0. The first-order chi connectivity index (χ1) is 20.5. The highest BCUT2D eigenvalue weighted by molar-refractivity contribution is 7.98. The van der Waals surface area contributed by atoms with E-state index in [0.29, 0.717) is 30.0 Å². The fourth-order valence-corrected chi connectivity index (χ4v) is 5.20. The molecule has 5 rings (SSSR count). The molecule has 0 aliphatic rings. The van der Waals surface area contributed by atoms with Crippen molar-refractivity contribution in [2.75, 3.05) is 11.1 Å². The summed E-state index contributed by atoms with van der Waals surface area (Å²) in [6.45, 7) is 0.980. The number of imidazole rings is 1. The zero-order valence-electron chi connectivity index (χ0n) is 22.9. The minimum Gasteiger partial charge on any atom is -0.397 e. The Kier molecular flexibility index (Phi) is 9.49. The number of nitrogens with one attached hydrogen (secondary N) is 2. The number of thioether (sulfide) groups is 1. The van der Waals surface area contributed by atoms with E-state index in [1.54, 1.807) is 48.3 Å². The first kappa shape index (κ1) is 28.4. The van der Waals surface area contributed by atoms with Gasteiger partial charge in [-0.2, -0.15) is 0 Å². The Balaban J connectivity index is 1.20. The Bertz CT molecular complexity index is 1670. The average molecular weight is 574 g/mol. The van der Waals surface area contributed by atoms with E-state index >= 15 is 0 Å². The molecule has 2 amide bonds. The third-order valence-corrected chi connectivity index (χ3v) is 7.60. The van der Waals surface area contributed by atoms with Gasteiger partial charge in [0.25, 0.3) is 5.91 Å². The number of carbonyl (C=O) groups excluding carboxylic acids is 2. The number of nitrogen functional groups attached to an aromatic ring is 1. The van der Waals surface area contributed by atoms with Gasteiger partial charge in [0, 0.05) is 23.9 Å². The number of aromatic nitrogens is 2. The van der Waals surface area contributed by atoms with E-state index in [2.05, 4.69) is 44.5 Å². The Morgan fingerprint density at radius 1 is 0.810 bits per heavy atom. The lowest BCUT2D eigenvalue weighted by atomic mass is 10.1. The third kappa shape index (κ3) is 7.77. The lowest BCUT2D eigenvalue weighted by Crippen LogP contribution is -2.20. The van der Waals surface area contributed by atoms with Crippen LogP contribution in [0.2, 0.25) is 0 Å². The van der Waals surface area contributed by atoms with Crippen molar-refractivity contribution in [3.05, 3.63) is 149 Å². The average Bonchev–Trinajstić information content (AvgIpc) is 3.41. The molecule has 0 radical (unpaired) electrons. The topological polar surface area (TPSA) is 102 Å². The van der Waals surface area contributed by atoms with Crippen molar-refractivity contribution >= 4 is 41.0 Å². The van der Waals surface area contributed by atoms with Crippen LogP contribution in [-0.4, -0.2) is 21.4 Å². The Labute approximate surface area is 249 Å². The van der Waals surface area contributed by atoms with Gasteiger partial charge in [-0.25, -0.2) is 4.98 Å². The molecule has 0 bridgehead atoms. The quantitative estimate of drug-likeness (QED) is 0.0966. The number of carbonyl (C=O) groups is 2. The van der Waals surface area contributed by atoms with Gasteiger partial charge in [-0.15, -0.1) is 0 Å². The molecule has 4 aromatic carbocycles. The normalized spacial score (nSPS) is 11.0. The van der Waals surface area contributed by atoms with Crippen molar-refractivity contribution in [1.82, 2.24) is 14.9 Å². The molecule has 8 heteroatoms. The van der Waals surface area contributed by atoms with Crippen molar-refractivity contribution in [1.29, 1.82) is 0 Å². The maximum atomic E-state index is 12.7. The predicted molar refractivity (Wildman–Crippen MR) is 170 cm³/mol. The summed E-state index contributed by atoms with van der Waals surface area (Å²) in [5.41, 5.74) is 11.6. The minimum atomic E-state index is -0.250. The Hall–Kier alpha value is -5.08. The van der Waals surface area contributed by atoms with Crippen LogP contribution in [0.4, 0.5) is 11.4 Å². The van der Waals surface area contributed by atoms with Gasteiger partial charge in [-0.05, 0) is 47.0 Å². The van der Waals surface area contributed by atoms with E-state index in [9.17, 15) is 9.59 Å². The summed E-state index contributed by atoms with van der Waals surface area (Å²) in [5, 5.41) is 6.62. The zero-order chi connectivity index (χ0) is 29.1. The molecule has 0 saturated carbocycles. The lowest BCUT2D eigenvalue weighted by molar-refractivity contribution is -0.116. The van der Waals surface area contributed by atoms with Crippen LogP contribution >= 0.6 is 11.8 Å². The van der Waals surface area contributed by atoms with E-state index in [-0.39, 0.29) is 11.8 Å². The molecule has 0 atom stereocenters. The van der Waals surface area contributed by atoms with E-state index in [0.717, 1.165) is 27.7 Å². The van der Waals surface area contributed by atoms with E-state index in [1.165, 1.54) is 11.6 Å². The Morgan fingerprint density at radius 3 is 2.19 bits per heavy atom. The van der Waals surface area contributed by atoms with Gasteiger partial charge in [0.2, 0.25) is 5.91 Å². The molecular formula is C34H31N5O2S. The highest BCUT2D eigenvalue weighted by atomic mass is 32.2. The number of hydrogen-bond acceptors (Lipinski definition) is 5. The van der Waals surface area contributed by atoms with Crippen molar-refractivity contribution in [3.8, 4) is 0 Å². The van der Waals surface area contributed by atoms with Crippen molar-refractivity contribution in [3.63, 3.8) is 0 Å². The summed E-state index contributed by atoms with van der Waals surface area (Å²) < 4.78 is 2.12. The molecule has 0 spiro atoms. The summed E-state index contributed by atoms with van der Waals surface area (Å²) in [6.07, 6.45) is 5.11. The highest BCUT2D eigenvalue weighted by Crippen LogP contribution is 2.25. The first-order valence-electron chi connectivity index (χ1n) is 13.5. The number of nitrogens with zero attached hydrogens (tertiary/aromatic N) is 2. The SMILES string of the molecule is Nc1ccccc1NC(=O)c1ccc(CNC(=O)/C=C/c2cnc(SCc3ccccc3)n2Cc2ccccc2)cc1. The molecule has 42 heavy (non-hydrogen) atoms. The van der Waals surface area contributed by atoms with E-state index < -0.39 is 0 Å². The van der Waals surface area contributed by atoms with Crippen LogP contribution < -0.4 is 16.4 Å². The molecule has 7 nitrogen and oxygen atoms in total. The number of rotatable bonds is 11. The number of amides is 2. The van der Waals surface area contributed by atoms with Crippen molar-refractivity contribution in [2.45, 2.75) is 24.0 Å². The summed E-state index contributed by atoms with van der Waals surface area (Å²) >= 11 is 1.67. The molecule has 210 valence electrons. The van der Waals surface area contributed by atoms with Gasteiger partial charge >= 0.3 is 0 Å². The maximum absolute atomic E-state index is 12.7. The third-order valence-electron chi connectivity index (χ3n) is 6.54. The van der Waals surface area contributed by atoms with E-state index in [1.807, 2.05) is 60.7 Å². The smallest absolute Gasteiger partial charge is 0.255 e. The highest BCUT2D eigenvalue weighted by Gasteiger charge is 2.11.